The van der Waals surface area contributed by atoms with Crippen molar-refractivity contribution in [2.45, 2.75) is 25.3 Å². The van der Waals surface area contributed by atoms with Gasteiger partial charge < -0.3 is 15.8 Å². The molecule has 0 radical (unpaired) electrons. The van der Waals surface area contributed by atoms with Gasteiger partial charge in [-0.3, -0.25) is 4.79 Å². The van der Waals surface area contributed by atoms with Crippen molar-refractivity contribution in [3.05, 3.63) is 21.6 Å². The monoisotopic (exact) mass is 346 g/mol. The number of hydrogen-bond acceptors (Lipinski definition) is 3. The molecule has 0 saturated heterocycles. The van der Waals surface area contributed by atoms with E-state index in [1.807, 2.05) is 0 Å². The van der Waals surface area contributed by atoms with Gasteiger partial charge in [-0.25, -0.2) is 0 Å². The number of nitrogens with one attached hydrogen (secondary N) is 1. The molecule has 6 heteroatoms. The summed E-state index contributed by atoms with van der Waals surface area (Å²) < 4.78 is 5.98. The molecule has 1 aromatic carbocycles. The summed E-state index contributed by atoms with van der Waals surface area (Å²) in [6, 6.07) is 3.53. The first-order valence-corrected chi connectivity index (χ1v) is 7.28. The highest BCUT2D eigenvalue weighted by molar-refractivity contribution is 9.10. The first-order valence-electron chi connectivity index (χ1n) is 6.10. The van der Waals surface area contributed by atoms with Gasteiger partial charge in [0, 0.05) is 17.0 Å². The van der Waals surface area contributed by atoms with E-state index in [9.17, 15) is 4.79 Å². The van der Waals surface area contributed by atoms with Crippen LogP contribution in [0.15, 0.2) is 16.6 Å². The number of anilines is 1. The molecule has 0 spiro atoms. The maximum Gasteiger partial charge on any atom is 0.227 e. The summed E-state index contributed by atoms with van der Waals surface area (Å²) in [5, 5.41) is 3.41. The summed E-state index contributed by atoms with van der Waals surface area (Å²) in [4.78, 5) is 12.2. The molecule has 1 aliphatic carbocycles. The zero-order valence-corrected chi connectivity index (χ0v) is 12.9. The van der Waals surface area contributed by atoms with Gasteiger partial charge in [-0.05, 0) is 47.3 Å². The Morgan fingerprint density at radius 1 is 1.53 bits per heavy atom. The second kappa shape index (κ2) is 6.11. The zero-order valence-electron chi connectivity index (χ0n) is 10.6. The normalized spacial score (nSPS) is 22.3. The van der Waals surface area contributed by atoms with Gasteiger partial charge in [-0.2, -0.15) is 0 Å². The van der Waals surface area contributed by atoms with E-state index in [0.717, 1.165) is 19.3 Å². The lowest BCUT2D eigenvalue weighted by Crippen LogP contribution is -2.23. The first-order chi connectivity index (χ1) is 9.01. The molecular formula is C13H16BrClN2O2. The van der Waals surface area contributed by atoms with Crippen molar-refractivity contribution in [3.8, 4) is 5.75 Å². The molecule has 1 amide bonds. The fourth-order valence-corrected chi connectivity index (χ4v) is 3.32. The Labute approximate surface area is 125 Å². The maximum atomic E-state index is 12.2. The fraction of sp³-hybridized carbons (Fsp3) is 0.462. The molecule has 3 N–H and O–H groups in total. The minimum absolute atomic E-state index is 0.0274. The van der Waals surface area contributed by atoms with E-state index in [2.05, 4.69) is 21.2 Å². The molecule has 1 fully saturated rings. The second-order valence-electron chi connectivity index (χ2n) is 4.73. The Morgan fingerprint density at radius 3 is 2.84 bits per heavy atom. The van der Waals surface area contributed by atoms with Gasteiger partial charge in [-0.15, -0.1) is 0 Å². The number of carbonyl (C=O) groups is 1. The van der Waals surface area contributed by atoms with Gasteiger partial charge in [0.2, 0.25) is 5.91 Å². The molecule has 104 valence electrons. The number of rotatable bonds is 3. The summed E-state index contributed by atoms with van der Waals surface area (Å²) >= 11 is 9.35. The van der Waals surface area contributed by atoms with Crippen LogP contribution in [-0.2, 0) is 4.79 Å². The molecule has 0 heterocycles. The Kier molecular flexibility index (Phi) is 4.71. The number of methoxy groups -OCH3 is 1. The van der Waals surface area contributed by atoms with E-state index >= 15 is 0 Å². The quantitative estimate of drug-likeness (QED) is 0.882. The number of carbonyl (C=O) groups excluding carboxylic acids is 1. The van der Waals surface area contributed by atoms with Crippen molar-refractivity contribution in [1.29, 1.82) is 0 Å². The predicted octanol–water partition coefficient (Wildman–Crippen LogP) is 3.18. The summed E-state index contributed by atoms with van der Waals surface area (Å²) in [6.45, 7) is 0. The van der Waals surface area contributed by atoms with Gasteiger partial charge >= 0.3 is 0 Å². The standard InChI is InChI=1S/C13H16BrClN2O2/c1-19-12-10(14)5-8(15)6-11(12)17-13(18)7-2-3-9(16)4-7/h5-7,9H,2-4,16H2,1H3,(H,17,18). The first kappa shape index (κ1) is 14.6. The van der Waals surface area contributed by atoms with Gasteiger partial charge in [0.15, 0.2) is 5.75 Å². The second-order valence-corrected chi connectivity index (χ2v) is 6.02. The fourth-order valence-electron chi connectivity index (χ4n) is 2.35. The highest BCUT2D eigenvalue weighted by atomic mass is 79.9. The van der Waals surface area contributed by atoms with E-state index in [-0.39, 0.29) is 17.9 Å². The number of nitrogens with two attached hydrogens (primary N) is 1. The highest BCUT2D eigenvalue weighted by Crippen LogP contribution is 2.37. The van der Waals surface area contributed by atoms with E-state index in [0.29, 0.717) is 20.9 Å². The van der Waals surface area contributed by atoms with E-state index in [4.69, 9.17) is 22.1 Å². The van der Waals surface area contributed by atoms with Crippen LogP contribution >= 0.6 is 27.5 Å². The van der Waals surface area contributed by atoms with Crippen LogP contribution in [0.5, 0.6) is 5.75 Å². The zero-order chi connectivity index (χ0) is 14.0. The lowest BCUT2D eigenvalue weighted by Gasteiger charge is -2.15. The van der Waals surface area contributed by atoms with Crippen LogP contribution in [0.3, 0.4) is 0 Å². The van der Waals surface area contributed by atoms with Gasteiger partial charge in [0.05, 0.1) is 17.3 Å². The highest BCUT2D eigenvalue weighted by Gasteiger charge is 2.28. The third-order valence-electron chi connectivity index (χ3n) is 3.31. The van der Waals surface area contributed by atoms with Crippen LogP contribution in [0.25, 0.3) is 0 Å². The molecule has 0 aliphatic heterocycles. The Balaban J connectivity index is 2.16. The third kappa shape index (κ3) is 3.41. The molecule has 2 rings (SSSR count). The van der Waals surface area contributed by atoms with Crippen LogP contribution < -0.4 is 15.8 Å². The van der Waals surface area contributed by atoms with Crippen molar-refractivity contribution >= 4 is 39.1 Å². The molecule has 1 saturated carbocycles. The van der Waals surface area contributed by atoms with Crippen LogP contribution in [0.4, 0.5) is 5.69 Å². The number of ether oxygens (including phenoxy) is 1. The molecule has 1 aromatic rings. The molecular weight excluding hydrogens is 332 g/mol. The summed E-state index contributed by atoms with van der Waals surface area (Å²) in [6.07, 6.45) is 2.46. The maximum absolute atomic E-state index is 12.2. The summed E-state index contributed by atoms with van der Waals surface area (Å²) in [5.74, 6) is 0.512. The van der Waals surface area contributed by atoms with Gasteiger partial charge in [-0.1, -0.05) is 11.6 Å². The SMILES string of the molecule is COc1c(Br)cc(Cl)cc1NC(=O)C1CCC(N)C1. The Morgan fingerprint density at radius 2 is 2.26 bits per heavy atom. The molecule has 2 unspecified atom stereocenters. The van der Waals surface area contributed by atoms with Gasteiger partial charge in [0.1, 0.15) is 0 Å². The van der Waals surface area contributed by atoms with Crippen LogP contribution in [0.1, 0.15) is 19.3 Å². The van der Waals surface area contributed by atoms with Crippen molar-refractivity contribution in [2.75, 3.05) is 12.4 Å². The van der Waals surface area contributed by atoms with Crippen molar-refractivity contribution < 1.29 is 9.53 Å². The van der Waals surface area contributed by atoms with Crippen molar-refractivity contribution in [3.63, 3.8) is 0 Å². The number of benzene rings is 1. The number of amides is 1. The van der Waals surface area contributed by atoms with Crippen LogP contribution in [0.2, 0.25) is 5.02 Å². The lowest BCUT2D eigenvalue weighted by molar-refractivity contribution is -0.119. The molecule has 19 heavy (non-hydrogen) atoms. The van der Waals surface area contributed by atoms with E-state index in [1.54, 1.807) is 19.2 Å². The van der Waals surface area contributed by atoms with Gasteiger partial charge in [0.25, 0.3) is 0 Å². The Bertz CT molecular complexity index is 496. The molecule has 4 nitrogen and oxygen atoms in total. The average Bonchev–Trinajstić information content (AvgIpc) is 2.75. The molecule has 0 bridgehead atoms. The minimum atomic E-state index is -0.0301. The smallest absolute Gasteiger partial charge is 0.227 e. The molecule has 2 atom stereocenters. The topological polar surface area (TPSA) is 64.3 Å². The largest absolute Gasteiger partial charge is 0.493 e. The number of halogens is 2. The van der Waals surface area contributed by atoms with E-state index in [1.165, 1.54) is 0 Å². The average molecular weight is 348 g/mol. The van der Waals surface area contributed by atoms with E-state index < -0.39 is 0 Å². The summed E-state index contributed by atoms with van der Waals surface area (Å²) in [5.41, 5.74) is 6.40. The summed E-state index contributed by atoms with van der Waals surface area (Å²) in [7, 11) is 1.55. The third-order valence-corrected chi connectivity index (χ3v) is 4.12. The molecule has 0 aromatic heterocycles. The predicted molar refractivity (Wildman–Crippen MR) is 79.7 cm³/mol. The van der Waals surface area contributed by atoms with Crippen LogP contribution in [-0.4, -0.2) is 19.1 Å². The van der Waals surface area contributed by atoms with Crippen LogP contribution in [0, 0.1) is 5.92 Å². The Hall–Kier alpha value is -0.780. The van der Waals surface area contributed by atoms with Crippen molar-refractivity contribution in [2.24, 2.45) is 11.7 Å². The lowest BCUT2D eigenvalue weighted by atomic mass is 10.1. The molecule has 1 aliphatic rings. The number of hydrogen-bond donors (Lipinski definition) is 2. The minimum Gasteiger partial charge on any atom is -0.493 e. The van der Waals surface area contributed by atoms with Crippen molar-refractivity contribution in [1.82, 2.24) is 0 Å².